The van der Waals surface area contributed by atoms with Crippen LogP contribution in [-0.4, -0.2) is 34.4 Å². The Bertz CT molecular complexity index is 840. The molecule has 0 unspecified atom stereocenters. The Morgan fingerprint density at radius 1 is 1.26 bits per heavy atom. The number of nitrogens with zero attached hydrogens (tertiary/aromatic N) is 3. The highest BCUT2D eigenvalue weighted by molar-refractivity contribution is 5.91. The topological polar surface area (TPSA) is 71.8 Å². The smallest absolute Gasteiger partial charge is 0.224 e. The fourth-order valence-electron chi connectivity index (χ4n) is 2.41. The van der Waals surface area contributed by atoms with E-state index in [9.17, 15) is 4.79 Å². The first-order valence-corrected chi connectivity index (χ1v) is 7.62. The zero-order chi connectivity index (χ0) is 16.2. The molecule has 0 aliphatic heterocycles. The molecule has 1 aromatic carbocycles. The van der Waals surface area contributed by atoms with Crippen LogP contribution in [0, 0.1) is 0 Å². The van der Waals surface area contributed by atoms with Crippen molar-refractivity contribution in [1.82, 2.24) is 14.5 Å². The van der Waals surface area contributed by atoms with Crippen molar-refractivity contribution in [3.63, 3.8) is 0 Å². The number of nitrogens with one attached hydrogen (secondary N) is 2. The Balaban J connectivity index is 2.10. The van der Waals surface area contributed by atoms with E-state index in [2.05, 4.69) is 27.5 Å². The molecule has 0 radical (unpaired) electrons. The second-order valence-corrected chi connectivity index (χ2v) is 5.24. The van der Waals surface area contributed by atoms with Gasteiger partial charge in [-0.3, -0.25) is 4.79 Å². The summed E-state index contributed by atoms with van der Waals surface area (Å²) in [5, 5.41) is 7.29. The standard InChI is InChI=1S/C17H19N5O/c1-3-7-19-16-14-9-13(22-8-6-12(10-22)11-23)4-5-15(14)20-17(18-2)21-16/h4-6,8-11H,3,7H2,1-2H3,(H2,18,19,20,21). The van der Waals surface area contributed by atoms with E-state index in [0.29, 0.717) is 11.5 Å². The number of carbonyl (C=O) groups is 1. The first kappa shape index (κ1) is 15.0. The molecule has 0 bridgehead atoms. The minimum Gasteiger partial charge on any atom is -0.369 e. The molecule has 3 rings (SSSR count). The minimum atomic E-state index is 0.591. The van der Waals surface area contributed by atoms with Crippen LogP contribution in [0.3, 0.4) is 0 Å². The Hall–Kier alpha value is -2.89. The molecule has 0 atom stereocenters. The Morgan fingerprint density at radius 2 is 2.13 bits per heavy atom. The summed E-state index contributed by atoms with van der Waals surface area (Å²) in [5.74, 6) is 1.40. The van der Waals surface area contributed by atoms with Gasteiger partial charge in [0, 0.05) is 42.6 Å². The van der Waals surface area contributed by atoms with Gasteiger partial charge in [0.15, 0.2) is 6.29 Å². The molecule has 0 saturated carbocycles. The monoisotopic (exact) mass is 309 g/mol. The second-order valence-electron chi connectivity index (χ2n) is 5.24. The summed E-state index contributed by atoms with van der Waals surface area (Å²) in [5.41, 5.74) is 2.48. The number of aldehydes is 1. The van der Waals surface area contributed by atoms with E-state index in [-0.39, 0.29) is 0 Å². The molecular weight excluding hydrogens is 290 g/mol. The van der Waals surface area contributed by atoms with Gasteiger partial charge in [0.25, 0.3) is 0 Å². The van der Waals surface area contributed by atoms with Crippen LogP contribution >= 0.6 is 0 Å². The first-order valence-electron chi connectivity index (χ1n) is 7.62. The fraction of sp³-hybridized carbons (Fsp3) is 0.235. The van der Waals surface area contributed by atoms with Crippen LogP contribution < -0.4 is 10.6 Å². The van der Waals surface area contributed by atoms with Crippen molar-refractivity contribution in [3.05, 3.63) is 42.2 Å². The molecule has 0 spiro atoms. The molecule has 0 aliphatic rings. The number of fused-ring (bicyclic) bond motifs is 1. The Morgan fingerprint density at radius 3 is 2.83 bits per heavy atom. The highest BCUT2D eigenvalue weighted by atomic mass is 16.1. The van der Waals surface area contributed by atoms with Gasteiger partial charge in [-0.1, -0.05) is 6.92 Å². The molecule has 0 fully saturated rings. The lowest BCUT2D eigenvalue weighted by atomic mass is 10.2. The van der Waals surface area contributed by atoms with Gasteiger partial charge in [0.1, 0.15) is 5.82 Å². The molecule has 0 amide bonds. The van der Waals surface area contributed by atoms with E-state index < -0.39 is 0 Å². The van der Waals surface area contributed by atoms with E-state index in [1.807, 2.05) is 29.0 Å². The predicted molar refractivity (Wildman–Crippen MR) is 92.6 cm³/mol. The van der Waals surface area contributed by atoms with Crippen LogP contribution in [0.15, 0.2) is 36.7 Å². The summed E-state index contributed by atoms with van der Waals surface area (Å²) >= 11 is 0. The molecule has 23 heavy (non-hydrogen) atoms. The van der Waals surface area contributed by atoms with Gasteiger partial charge in [-0.05, 0) is 30.7 Å². The van der Waals surface area contributed by atoms with Crippen LogP contribution in [0.4, 0.5) is 11.8 Å². The summed E-state index contributed by atoms with van der Waals surface area (Å²) in [6, 6.07) is 7.76. The Labute approximate surface area is 134 Å². The third kappa shape index (κ3) is 3.01. The lowest BCUT2D eigenvalue weighted by Crippen LogP contribution is -2.06. The van der Waals surface area contributed by atoms with Gasteiger partial charge in [0.2, 0.25) is 5.95 Å². The summed E-state index contributed by atoms with van der Waals surface area (Å²) in [4.78, 5) is 19.9. The number of carbonyl (C=O) groups excluding carboxylic acids is 1. The van der Waals surface area contributed by atoms with Crippen molar-refractivity contribution < 1.29 is 4.79 Å². The van der Waals surface area contributed by atoms with Crippen molar-refractivity contribution >= 4 is 29.0 Å². The third-order valence-electron chi connectivity index (χ3n) is 3.60. The minimum absolute atomic E-state index is 0.591. The van der Waals surface area contributed by atoms with Gasteiger partial charge in [-0.2, -0.15) is 4.98 Å². The molecule has 0 aliphatic carbocycles. The number of hydrogen-bond acceptors (Lipinski definition) is 5. The van der Waals surface area contributed by atoms with Crippen molar-refractivity contribution in [1.29, 1.82) is 0 Å². The van der Waals surface area contributed by atoms with E-state index in [0.717, 1.165) is 41.7 Å². The SMILES string of the molecule is CCCNc1nc(NC)nc2ccc(-n3ccc(C=O)c3)cc12. The van der Waals surface area contributed by atoms with E-state index in [1.165, 1.54) is 0 Å². The number of rotatable bonds is 6. The molecule has 6 heteroatoms. The fourth-order valence-corrected chi connectivity index (χ4v) is 2.41. The van der Waals surface area contributed by atoms with Crippen LogP contribution in [0.2, 0.25) is 0 Å². The maximum atomic E-state index is 10.9. The number of anilines is 2. The lowest BCUT2D eigenvalue weighted by Gasteiger charge is -2.11. The first-order chi connectivity index (χ1) is 11.2. The van der Waals surface area contributed by atoms with E-state index in [1.54, 1.807) is 19.3 Å². The summed E-state index contributed by atoms with van der Waals surface area (Å²) in [6.45, 7) is 2.96. The van der Waals surface area contributed by atoms with Gasteiger partial charge < -0.3 is 15.2 Å². The van der Waals surface area contributed by atoms with Crippen molar-refractivity contribution in [3.8, 4) is 5.69 Å². The van der Waals surface area contributed by atoms with Crippen molar-refractivity contribution in [2.45, 2.75) is 13.3 Å². The summed E-state index contributed by atoms with van der Waals surface area (Å²) < 4.78 is 1.92. The molecular formula is C17H19N5O. The van der Waals surface area contributed by atoms with Gasteiger partial charge in [-0.15, -0.1) is 0 Å². The number of benzene rings is 1. The van der Waals surface area contributed by atoms with Crippen LogP contribution in [0.1, 0.15) is 23.7 Å². The molecule has 6 nitrogen and oxygen atoms in total. The van der Waals surface area contributed by atoms with Crippen LogP contribution in [-0.2, 0) is 0 Å². The largest absolute Gasteiger partial charge is 0.369 e. The average Bonchev–Trinajstić information content (AvgIpc) is 3.08. The quantitative estimate of drug-likeness (QED) is 0.685. The number of aromatic nitrogens is 3. The Kier molecular flexibility index (Phi) is 4.23. The molecule has 2 aromatic heterocycles. The van der Waals surface area contributed by atoms with Crippen molar-refractivity contribution in [2.24, 2.45) is 0 Å². The van der Waals surface area contributed by atoms with Gasteiger partial charge >= 0.3 is 0 Å². The molecule has 3 aromatic rings. The predicted octanol–water partition coefficient (Wildman–Crippen LogP) is 3.10. The second kappa shape index (κ2) is 6.48. The normalized spacial score (nSPS) is 10.7. The van der Waals surface area contributed by atoms with E-state index >= 15 is 0 Å². The molecule has 118 valence electrons. The maximum absolute atomic E-state index is 10.9. The maximum Gasteiger partial charge on any atom is 0.224 e. The van der Waals surface area contributed by atoms with Crippen molar-refractivity contribution in [2.75, 3.05) is 24.2 Å². The van der Waals surface area contributed by atoms with Gasteiger partial charge in [0.05, 0.1) is 5.52 Å². The molecule has 2 N–H and O–H groups in total. The summed E-state index contributed by atoms with van der Waals surface area (Å²) in [7, 11) is 1.81. The van der Waals surface area contributed by atoms with Crippen LogP contribution in [0.25, 0.3) is 16.6 Å². The zero-order valence-corrected chi connectivity index (χ0v) is 13.2. The highest BCUT2D eigenvalue weighted by Gasteiger charge is 2.09. The zero-order valence-electron chi connectivity index (χ0n) is 13.2. The highest BCUT2D eigenvalue weighted by Crippen LogP contribution is 2.25. The summed E-state index contributed by atoms with van der Waals surface area (Å²) in [6.07, 6.45) is 5.53. The third-order valence-corrected chi connectivity index (χ3v) is 3.60. The van der Waals surface area contributed by atoms with Gasteiger partial charge in [-0.25, -0.2) is 4.98 Å². The molecule has 0 saturated heterocycles. The van der Waals surface area contributed by atoms with Crippen LogP contribution in [0.5, 0.6) is 0 Å². The number of hydrogen-bond donors (Lipinski definition) is 2. The lowest BCUT2D eigenvalue weighted by molar-refractivity contribution is 0.112. The van der Waals surface area contributed by atoms with E-state index in [4.69, 9.17) is 0 Å². The molecule has 2 heterocycles. The average molecular weight is 309 g/mol.